The fraction of sp³-hybridized carbons (Fsp3) is 0.0652. The zero-order valence-corrected chi connectivity index (χ0v) is 28.0. The third kappa shape index (κ3) is 3.74. The van der Waals surface area contributed by atoms with Crippen molar-refractivity contribution in [2.75, 3.05) is 0 Å². The Morgan fingerprint density at radius 2 is 1.20 bits per heavy atom. The predicted molar refractivity (Wildman–Crippen MR) is 209 cm³/mol. The summed E-state index contributed by atoms with van der Waals surface area (Å²) in [4.78, 5) is 5.36. The highest BCUT2D eigenvalue weighted by Gasteiger charge is 2.35. The summed E-state index contributed by atoms with van der Waals surface area (Å²) in [7, 11) is 0. The SMILES string of the molecule is CC1(C)c2ccccc2-c2cc(-c3ccc(-c4cc5c6ccc7ccccc7c6sc5c5nc6cc7ccccc7cc6n45)cc3)ccc21. The van der Waals surface area contributed by atoms with Crippen LogP contribution in [0.1, 0.15) is 25.0 Å². The average molecular weight is 643 g/mol. The van der Waals surface area contributed by atoms with E-state index in [0.717, 1.165) is 22.4 Å². The van der Waals surface area contributed by atoms with Crippen LogP contribution in [0.25, 0.3) is 91.9 Å². The van der Waals surface area contributed by atoms with Gasteiger partial charge in [-0.2, -0.15) is 0 Å². The molecule has 10 aromatic rings. The molecule has 1 aliphatic carbocycles. The number of rotatable bonds is 2. The van der Waals surface area contributed by atoms with Gasteiger partial charge in [0.25, 0.3) is 0 Å². The standard InChI is InChI=1S/C46H30N2S/c1-46(2)38-14-8-7-13-34(38)36-23-32(20-22-39(36)46)27-15-17-29(18-16-27)41-26-37-35-21-19-28-9-5-6-12-33(28)43(35)49-44(37)45-47-40-24-30-10-3-4-11-31(30)25-42(40)48(41)45/h3-26H,1-2H3. The maximum Gasteiger partial charge on any atom is 0.156 e. The fourth-order valence-electron chi connectivity index (χ4n) is 8.46. The van der Waals surface area contributed by atoms with Gasteiger partial charge in [0.1, 0.15) is 0 Å². The van der Waals surface area contributed by atoms with Gasteiger partial charge in [-0.3, -0.25) is 4.40 Å². The lowest BCUT2D eigenvalue weighted by molar-refractivity contribution is 0.660. The minimum absolute atomic E-state index is 0.00927. The molecular weight excluding hydrogens is 613 g/mol. The van der Waals surface area contributed by atoms with Gasteiger partial charge in [-0.15, -0.1) is 11.3 Å². The third-order valence-corrected chi connectivity index (χ3v) is 12.2. The maximum atomic E-state index is 5.36. The van der Waals surface area contributed by atoms with E-state index in [2.05, 4.69) is 164 Å². The van der Waals surface area contributed by atoms with Crippen molar-refractivity contribution < 1.29 is 0 Å². The van der Waals surface area contributed by atoms with Crippen LogP contribution in [0.15, 0.2) is 146 Å². The number of nitrogens with zero attached hydrogens (tertiary/aromatic N) is 2. The minimum Gasteiger partial charge on any atom is -0.291 e. The number of pyridine rings is 1. The van der Waals surface area contributed by atoms with Gasteiger partial charge < -0.3 is 0 Å². The number of benzene rings is 7. The lowest BCUT2D eigenvalue weighted by Crippen LogP contribution is -2.14. The smallest absolute Gasteiger partial charge is 0.156 e. The van der Waals surface area contributed by atoms with Crippen molar-refractivity contribution in [3.8, 4) is 33.5 Å². The normalized spacial score (nSPS) is 13.7. The summed E-state index contributed by atoms with van der Waals surface area (Å²) in [6, 6.07) is 53.8. The van der Waals surface area contributed by atoms with Crippen LogP contribution < -0.4 is 0 Å². The van der Waals surface area contributed by atoms with Gasteiger partial charge in [0.2, 0.25) is 0 Å². The Balaban J connectivity index is 1.14. The van der Waals surface area contributed by atoms with Crippen molar-refractivity contribution in [1.29, 1.82) is 0 Å². The zero-order chi connectivity index (χ0) is 32.4. The van der Waals surface area contributed by atoms with E-state index in [4.69, 9.17) is 4.98 Å². The summed E-state index contributed by atoms with van der Waals surface area (Å²) in [6.07, 6.45) is 0. The second kappa shape index (κ2) is 9.65. The number of aromatic nitrogens is 2. The van der Waals surface area contributed by atoms with E-state index in [1.807, 2.05) is 11.3 Å². The second-order valence-corrected chi connectivity index (χ2v) is 15.0. The molecule has 49 heavy (non-hydrogen) atoms. The number of imidazole rings is 1. The van der Waals surface area contributed by atoms with Crippen LogP contribution in [-0.4, -0.2) is 9.38 Å². The Hall–Kier alpha value is -5.77. The molecule has 3 heteroatoms. The van der Waals surface area contributed by atoms with Crippen molar-refractivity contribution in [3.63, 3.8) is 0 Å². The van der Waals surface area contributed by atoms with Crippen LogP contribution in [0.2, 0.25) is 0 Å². The Kier molecular flexibility index (Phi) is 5.36. The lowest BCUT2D eigenvalue weighted by atomic mass is 9.82. The molecule has 1 aliphatic rings. The third-order valence-electron chi connectivity index (χ3n) is 11.0. The van der Waals surface area contributed by atoms with Gasteiger partial charge in [0.15, 0.2) is 5.65 Å². The highest BCUT2D eigenvalue weighted by Crippen LogP contribution is 2.50. The van der Waals surface area contributed by atoms with Crippen LogP contribution in [0.3, 0.4) is 0 Å². The maximum absolute atomic E-state index is 5.36. The molecule has 0 saturated carbocycles. The van der Waals surface area contributed by atoms with Gasteiger partial charge in [0.05, 0.1) is 21.4 Å². The first-order valence-electron chi connectivity index (χ1n) is 17.0. The van der Waals surface area contributed by atoms with Gasteiger partial charge in [-0.05, 0) is 84.8 Å². The summed E-state index contributed by atoms with van der Waals surface area (Å²) in [5.74, 6) is 0. The molecule has 0 atom stereocenters. The summed E-state index contributed by atoms with van der Waals surface area (Å²) in [5.41, 5.74) is 13.5. The molecule has 230 valence electrons. The molecule has 0 fully saturated rings. The highest BCUT2D eigenvalue weighted by atomic mass is 32.1. The molecule has 0 saturated heterocycles. The Morgan fingerprint density at radius 1 is 0.510 bits per heavy atom. The van der Waals surface area contributed by atoms with Gasteiger partial charge in [-0.1, -0.05) is 135 Å². The van der Waals surface area contributed by atoms with Gasteiger partial charge in [0, 0.05) is 20.9 Å². The van der Waals surface area contributed by atoms with E-state index >= 15 is 0 Å². The molecule has 0 N–H and O–H groups in total. The first kappa shape index (κ1) is 27.2. The Morgan fingerprint density at radius 3 is 2.06 bits per heavy atom. The van der Waals surface area contributed by atoms with Gasteiger partial charge in [-0.25, -0.2) is 4.98 Å². The van der Waals surface area contributed by atoms with E-state index in [0.29, 0.717) is 0 Å². The molecule has 0 aliphatic heterocycles. The number of hydrogen-bond donors (Lipinski definition) is 0. The number of hydrogen-bond acceptors (Lipinski definition) is 2. The Labute approximate surface area is 287 Å². The summed E-state index contributed by atoms with van der Waals surface area (Å²) in [5, 5.41) is 7.55. The van der Waals surface area contributed by atoms with Crippen LogP contribution in [0.4, 0.5) is 0 Å². The van der Waals surface area contributed by atoms with Crippen molar-refractivity contribution in [1.82, 2.24) is 9.38 Å². The van der Waals surface area contributed by atoms with Crippen LogP contribution in [0.5, 0.6) is 0 Å². The molecule has 3 aromatic heterocycles. The minimum atomic E-state index is 0.00927. The predicted octanol–water partition coefficient (Wildman–Crippen LogP) is 12.8. The summed E-state index contributed by atoms with van der Waals surface area (Å²) < 4.78 is 4.94. The van der Waals surface area contributed by atoms with E-state index in [1.54, 1.807) is 0 Å². The Bertz CT molecular complexity index is 3010. The quantitative estimate of drug-likeness (QED) is 0.183. The molecule has 11 rings (SSSR count). The molecule has 0 amide bonds. The van der Waals surface area contributed by atoms with E-state index in [-0.39, 0.29) is 5.41 Å². The largest absolute Gasteiger partial charge is 0.291 e. The molecule has 2 nitrogen and oxygen atoms in total. The first-order chi connectivity index (χ1) is 24.0. The van der Waals surface area contributed by atoms with E-state index < -0.39 is 0 Å². The topological polar surface area (TPSA) is 17.3 Å². The monoisotopic (exact) mass is 642 g/mol. The van der Waals surface area contributed by atoms with Crippen molar-refractivity contribution in [2.24, 2.45) is 0 Å². The van der Waals surface area contributed by atoms with Crippen molar-refractivity contribution >= 4 is 69.7 Å². The molecule has 0 bridgehead atoms. The molecule has 0 radical (unpaired) electrons. The molecule has 3 heterocycles. The van der Waals surface area contributed by atoms with Gasteiger partial charge >= 0.3 is 0 Å². The van der Waals surface area contributed by atoms with Crippen molar-refractivity contribution in [2.45, 2.75) is 19.3 Å². The molecule has 7 aromatic carbocycles. The second-order valence-electron chi connectivity index (χ2n) is 14.0. The number of fused-ring (bicyclic) bond motifs is 13. The first-order valence-corrected chi connectivity index (χ1v) is 17.8. The van der Waals surface area contributed by atoms with Crippen molar-refractivity contribution in [3.05, 3.63) is 157 Å². The molecule has 0 unspecified atom stereocenters. The lowest BCUT2D eigenvalue weighted by Gasteiger charge is -2.21. The summed E-state index contributed by atoms with van der Waals surface area (Å²) >= 11 is 1.87. The summed E-state index contributed by atoms with van der Waals surface area (Å²) in [6.45, 7) is 4.68. The number of thiophene rings is 1. The van der Waals surface area contributed by atoms with Crippen LogP contribution >= 0.6 is 11.3 Å². The highest BCUT2D eigenvalue weighted by molar-refractivity contribution is 7.27. The van der Waals surface area contributed by atoms with Crippen LogP contribution in [-0.2, 0) is 5.41 Å². The van der Waals surface area contributed by atoms with E-state index in [9.17, 15) is 0 Å². The zero-order valence-electron chi connectivity index (χ0n) is 27.2. The molecule has 0 spiro atoms. The average Bonchev–Trinajstić information content (AvgIpc) is 3.78. The fourth-order valence-corrected chi connectivity index (χ4v) is 9.75. The van der Waals surface area contributed by atoms with Crippen LogP contribution in [0, 0.1) is 0 Å². The molecular formula is C46H30N2S. The van der Waals surface area contributed by atoms with E-state index in [1.165, 1.54) is 80.7 Å².